The lowest BCUT2D eigenvalue weighted by Crippen LogP contribution is -2.43. The molecule has 0 saturated carbocycles. The number of rotatable bonds is 4. The minimum absolute atomic E-state index is 0.113. The Balaban J connectivity index is 1.63. The van der Waals surface area contributed by atoms with Crippen molar-refractivity contribution in [1.82, 2.24) is 19.4 Å². The van der Waals surface area contributed by atoms with Gasteiger partial charge in [0.1, 0.15) is 16.3 Å². The number of ketones is 1. The fourth-order valence-corrected chi connectivity index (χ4v) is 5.40. The molecule has 1 aliphatic heterocycles. The summed E-state index contributed by atoms with van der Waals surface area (Å²) in [5.74, 6) is -0.771. The molecule has 0 aliphatic carbocycles. The van der Waals surface area contributed by atoms with E-state index in [4.69, 9.17) is 23.2 Å². The normalized spacial score (nSPS) is 17.9. The van der Waals surface area contributed by atoms with Gasteiger partial charge >= 0.3 is 0 Å². The first-order valence-corrected chi connectivity index (χ1v) is 11.7. The summed E-state index contributed by atoms with van der Waals surface area (Å²) in [4.78, 5) is 37.5. The van der Waals surface area contributed by atoms with E-state index >= 15 is 0 Å². The number of nitrogens with zero attached hydrogens (tertiary/aromatic N) is 4. The number of Topliss-reactive ketones (excluding diaryl/α,β-unsaturated/α-hetero) is 1. The lowest BCUT2D eigenvalue weighted by Gasteiger charge is -2.28. The molecule has 4 heterocycles. The van der Waals surface area contributed by atoms with Crippen molar-refractivity contribution in [2.24, 2.45) is 7.05 Å². The Labute approximate surface area is 207 Å². The Hall–Kier alpha value is -3.22. The molecule has 1 aliphatic rings. The molecule has 0 spiro atoms. The van der Waals surface area contributed by atoms with Crippen LogP contribution < -0.4 is 0 Å². The van der Waals surface area contributed by atoms with Crippen molar-refractivity contribution >= 4 is 45.8 Å². The third-order valence-corrected chi connectivity index (χ3v) is 7.09. The van der Waals surface area contributed by atoms with Crippen LogP contribution in [0.2, 0.25) is 10.3 Å². The van der Waals surface area contributed by atoms with E-state index in [1.807, 2.05) is 32.2 Å². The van der Waals surface area contributed by atoms with Gasteiger partial charge in [-0.25, -0.2) is 9.97 Å². The third-order valence-electron chi connectivity index (χ3n) is 6.50. The number of carbonyl (C=O) groups excluding carboxylic acids is 2. The van der Waals surface area contributed by atoms with E-state index in [0.29, 0.717) is 24.2 Å². The first kappa shape index (κ1) is 22.6. The van der Waals surface area contributed by atoms with E-state index in [-0.39, 0.29) is 33.5 Å². The van der Waals surface area contributed by atoms with Gasteiger partial charge in [-0.15, -0.1) is 0 Å². The quantitative estimate of drug-likeness (QED) is 0.280. The molecule has 172 valence electrons. The molecular weight excluding hydrogens is 471 g/mol. The van der Waals surface area contributed by atoms with E-state index in [1.165, 1.54) is 6.20 Å². The topological polar surface area (TPSA) is 68.1 Å². The molecular formula is C26H22Cl2N4O2. The van der Waals surface area contributed by atoms with Gasteiger partial charge in [0.25, 0.3) is 5.91 Å². The Morgan fingerprint density at radius 3 is 2.56 bits per heavy atom. The van der Waals surface area contributed by atoms with Gasteiger partial charge in [-0.3, -0.25) is 9.59 Å². The number of para-hydroxylation sites is 1. The van der Waals surface area contributed by atoms with Crippen LogP contribution in [0, 0.1) is 6.92 Å². The highest BCUT2D eigenvalue weighted by Crippen LogP contribution is 2.40. The van der Waals surface area contributed by atoms with Gasteiger partial charge in [-0.1, -0.05) is 41.4 Å². The molecule has 2 atom stereocenters. The number of fused-ring (bicyclic) bond motifs is 1. The van der Waals surface area contributed by atoms with Crippen LogP contribution >= 0.6 is 23.2 Å². The highest BCUT2D eigenvalue weighted by atomic mass is 35.5. The van der Waals surface area contributed by atoms with Gasteiger partial charge in [0.15, 0.2) is 5.78 Å². The van der Waals surface area contributed by atoms with Gasteiger partial charge in [-0.05, 0) is 49.2 Å². The van der Waals surface area contributed by atoms with Crippen molar-refractivity contribution < 1.29 is 9.59 Å². The molecule has 1 fully saturated rings. The number of pyridine rings is 2. The van der Waals surface area contributed by atoms with Crippen molar-refractivity contribution in [2.45, 2.75) is 25.3 Å². The van der Waals surface area contributed by atoms with E-state index in [9.17, 15) is 9.59 Å². The Bertz CT molecular complexity index is 1430. The molecule has 1 amide bonds. The number of benzene rings is 1. The van der Waals surface area contributed by atoms with E-state index in [1.54, 1.807) is 29.2 Å². The third kappa shape index (κ3) is 3.77. The first-order valence-electron chi connectivity index (χ1n) is 11.0. The molecule has 34 heavy (non-hydrogen) atoms. The molecule has 0 bridgehead atoms. The highest BCUT2D eigenvalue weighted by molar-refractivity contribution is 6.33. The van der Waals surface area contributed by atoms with Crippen LogP contribution in [0.1, 0.15) is 44.3 Å². The zero-order valence-corrected chi connectivity index (χ0v) is 20.2. The molecule has 1 aromatic carbocycles. The number of aromatic nitrogens is 3. The Kier molecular flexibility index (Phi) is 5.88. The van der Waals surface area contributed by atoms with Crippen molar-refractivity contribution in [3.05, 3.63) is 93.6 Å². The first-order chi connectivity index (χ1) is 16.4. The number of carbonyl (C=O) groups is 2. The Morgan fingerprint density at radius 2 is 1.79 bits per heavy atom. The predicted molar refractivity (Wildman–Crippen MR) is 133 cm³/mol. The summed E-state index contributed by atoms with van der Waals surface area (Å²) >= 11 is 12.6. The van der Waals surface area contributed by atoms with Gasteiger partial charge in [-0.2, -0.15) is 0 Å². The summed E-state index contributed by atoms with van der Waals surface area (Å²) in [6, 6.07) is 14.0. The van der Waals surface area contributed by atoms with Gasteiger partial charge in [0.05, 0.1) is 11.1 Å². The van der Waals surface area contributed by atoms with E-state index < -0.39 is 6.04 Å². The number of hydrogen-bond donors (Lipinski definition) is 0. The SMILES string of the molecule is Cc1ccc(C(=O)C2C(c3cn(C)c4ccccc34)CCN2C(=O)c2cccnc2Cl)c(Cl)n1. The van der Waals surface area contributed by atoms with Crippen LogP contribution in [0.4, 0.5) is 0 Å². The number of hydrogen-bond acceptors (Lipinski definition) is 4. The zero-order valence-electron chi connectivity index (χ0n) is 18.7. The lowest BCUT2D eigenvalue weighted by molar-refractivity contribution is 0.0662. The summed E-state index contributed by atoms with van der Waals surface area (Å²) in [7, 11) is 1.98. The second kappa shape index (κ2) is 8.85. The monoisotopic (exact) mass is 492 g/mol. The predicted octanol–water partition coefficient (Wildman–Crippen LogP) is 5.46. The summed E-state index contributed by atoms with van der Waals surface area (Å²) in [6.07, 6.45) is 4.21. The number of amides is 1. The largest absolute Gasteiger partial charge is 0.350 e. The standard InChI is InChI=1S/C26H22Cl2N4O2/c1-15-9-10-18(25(28)30-15)23(33)22-17(20-14-31(2)21-8-4-3-6-16(20)21)11-13-32(22)26(34)19-7-5-12-29-24(19)27/h3-10,12,14,17,22H,11,13H2,1-2H3. The van der Waals surface area contributed by atoms with Crippen LogP contribution in [0.25, 0.3) is 10.9 Å². The highest BCUT2D eigenvalue weighted by Gasteiger charge is 2.44. The van der Waals surface area contributed by atoms with Gasteiger partial charge in [0.2, 0.25) is 0 Å². The zero-order chi connectivity index (χ0) is 24.0. The fraction of sp³-hybridized carbons (Fsp3) is 0.231. The van der Waals surface area contributed by atoms with Crippen molar-refractivity contribution in [1.29, 1.82) is 0 Å². The lowest BCUT2D eigenvalue weighted by atomic mass is 9.87. The number of halogens is 2. The van der Waals surface area contributed by atoms with Crippen LogP contribution in [0.3, 0.4) is 0 Å². The summed E-state index contributed by atoms with van der Waals surface area (Å²) in [6.45, 7) is 2.22. The second-order valence-corrected chi connectivity index (χ2v) is 9.26. The average molecular weight is 493 g/mol. The summed E-state index contributed by atoms with van der Waals surface area (Å²) in [5.41, 5.74) is 3.39. The number of likely N-dealkylation sites (tertiary alicyclic amines) is 1. The smallest absolute Gasteiger partial charge is 0.257 e. The Morgan fingerprint density at radius 1 is 1.00 bits per heavy atom. The van der Waals surface area contributed by atoms with Crippen LogP contribution in [0.5, 0.6) is 0 Å². The molecule has 4 aromatic rings. The molecule has 2 unspecified atom stereocenters. The molecule has 8 heteroatoms. The van der Waals surface area contributed by atoms with E-state index in [0.717, 1.165) is 16.5 Å². The van der Waals surface area contributed by atoms with Crippen molar-refractivity contribution in [2.75, 3.05) is 6.54 Å². The maximum atomic E-state index is 14.0. The molecule has 0 radical (unpaired) electrons. The summed E-state index contributed by atoms with van der Waals surface area (Å²) < 4.78 is 2.05. The molecule has 1 saturated heterocycles. The number of aryl methyl sites for hydroxylation is 2. The van der Waals surface area contributed by atoms with Crippen molar-refractivity contribution in [3.8, 4) is 0 Å². The maximum Gasteiger partial charge on any atom is 0.257 e. The van der Waals surface area contributed by atoms with Crippen LogP contribution in [-0.4, -0.2) is 43.7 Å². The van der Waals surface area contributed by atoms with Gasteiger partial charge < -0.3 is 9.47 Å². The second-order valence-electron chi connectivity index (χ2n) is 8.55. The van der Waals surface area contributed by atoms with E-state index in [2.05, 4.69) is 26.8 Å². The van der Waals surface area contributed by atoms with Crippen LogP contribution in [0.15, 0.2) is 60.9 Å². The van der Waals surface area contributed by atoms with Crippen LogP contribution in [-0.2, 0) is 7.05 Å². The average Bonchev–Trinajstić information content (AvgIpc) is 3.40. The summed E-state index contributed by atoms with van der Waals surface area (Å²) in [5, 5.41) is 1.32. The molecule has 3 aromatic heterocycles. The minimum Gasteiger partial charge on any atom is -0.350 e. The minimum atomic E-state index is -0.753. The molecule has 6 nitrogen and oxygen atoms in total. The van der Waals surface area contributed by atoms with Crippen molar-refractivity contribution in [3.63, 3.8) is 0 Å². The molecule has 0 N–H and O–H groups in total. The van der Waals surface area contributed by atoms with Gasteiger partial charge in [0, 0.05) is 48.5 Å². The fourth-order valence-electron chi connectivity index (χ4n) is 4.91. The maximum absolute atomic E-state index is 14.0. The molecule has 5 rings (SSSR count).